The molecule has 1 aromatic carbocycles. The number of para-hydroxylation sites is 1. The molecule has 1 heterocycles. The smallest absolute Gasteiger partial charge is 0.362 e. The number of esters is 1. The molecule has 0 aliphatic carbocycles. The highest BCUT2D eigenvalue weighted by Crippen LogP contribution is 2.12. The molecule has 5 nitrogen and oxygen atoms in total. The van der Waals surface area contributed by atoms with E-state index in [1.54, 1.807) is 12.1 Å². The highest BCUT2D eigenvalue weighted by atomic mass is 16.5. The number of carbonyl (C=O) groups is 1. The van der Waals surface area contributed by atoms with Crippen LogP contribution in [0.5, 0.6) is 0 Å². The number of ether oxygens (including phenoxy) is 1. The van der Waals surface area contributed by atoms with Crippen LogP contribution in [0.4, 0.5) is 0 Å². The van der Waals surface area contributed by atoms with Crippen LogP contribution >= 0.6 is 0 Å². The number of benzene rings is 1. The maximum absolute atomic E-state index is 11.3. The first-order valence-electron chi connectivity index (χ1n) is 4.93. The number of aromatic nitrogens is 1. The molecule has 0 saturated carbocycles. The van der Waals surface area contributed by atoms with Crippen molar-refractivity contribution in [2.75, 3.05) is 7.11 Å². The van der Waals surface area contributed by atoms with E-state index in [9.17, 15) is 4.79 Å². The second kappa shape index (κ2) is 4.61. The van der Waals surface area contributed by atoms with E-state index in [1.165, 1.54) is 7.11 Å². The SMILES string of the molecule is COC(=O)/C(=N/O)c1ccc2ccccc2n1. The van der Waals surface area contributed by atoms with E-state index in [0.29, 0.717) is 0 Å². The van der Waals surface area contributed by atoms with Gasteiger partial charge in [0.25, 0.3) is 0 Å². The van der Waals surface area contributed by atoms with Gasteiger partial charge >= 0.3 is 5.97 Å². The average molecular weight is 230 g/mol. The van der Waals surface area contributed by atoms with E-state index >= 15 is 0 Å². The number of carbonyl (C=O) groups excluding carboxylic acids is 1. The molecule has 5 heteroatoms. The second-order valence-corrected chi connectivity index (χ2v) is 3.33. The first-order valence-corrected chi connectivity index (χ1v) is 4.93. The maximum Gasteiger partial charge on any atom is 0.362 e. The van der Waals surface area contributed by atoms with Gasteiger partial charge in [-0.05, 0) is 12.1 Å². The molecule has 0 aliphatic rings. The first-order chi connectivity index (χ1) is 8.26. The number of methoxy groups -OCH3 is 1. The summed E-state index contributed by atoms with van der Waals surface area (Å²) in [5.41, 5.74) is 0.784. The number of hydrogen-bond donors (Lipinski definition) is 1. The predicted octanol–water partition coefficient (Wildman–Crippen LogP) is 1.59. The molecule has 2 aromatic rings. The molecular formula is C12H10N2O3. The lowest BCUT2D eigenvalue weighted by Crippen LogP contribution is -2.18. The highest BCUT2D eigenvalue weighted by molar-refractivity contribution is 6.42. The van der Waals surface area contributed by atoms with Crippen molar-refractivity contribution in [2.24, 2.45) is 5.16 Å². The Kier molecular flexibility index (Phi) is 3.00. The van der Waals surface area contributed by atoms with Gasteiger partial charge in [0.05, 0.1) is 12.6 Å². The van der Waals surface area contributed by atoms with Crippen LogP contribution in [-0.4, -0.2) is 29.0 Å². The molecule has 0 aliphatic heterocycles. The molecule has 0 amide bonds. The minimum Gasteiger partial charge on any atom is -0.464 e. The number of nitrogens with zero attached hydrogens (tertiary/aromatic N) is 2. The fourth-order valence-electron chi connectivity index (χ4n) is 1.49. The fourth-order valence-corrected chi connectivity index (χ4v) is 1.49. The lowest BCUT2D eigenvalue weighted by molar-refractivity contribution is -0.132. The normalized spacial score (nSPS) is 11.5. The number of oxime groups is 1. The van der Waals surface area contributed by atoms with Crippen LogP contribution in [0, 0.1) is 0 Å². The summed E-state index contributed by atoms with van der Waals surface area (Å²) in [6.45, 7) is 0. The summed E-state index contributed by atoms with van der Waals surface area (Å²) in [5, 5.41) is 12.7. The molecule has 1 N–H and O–H groups in total. The Balaban J connectivity index is 2.52. The van der Waals surface area contributed by atoms with Gasteiger partial charge in [-0.2, -0.15) is 0 Å². The van der Waals surface area contributed by atoms with Crippen molar-refractivity contribution >= 4 is 22.6 Å². The zero-order chi connectivity index (χ0) is 12.3. The molecule has 17 heavy (non-hydrogen) atoms. The Morgan fingerprint density at radius 3 is 2.76 bits per heavy atom. The Morgan fingerprint density at radius 1 is 1.29 bits per heavy atom. The lowest BCUT2D eigenvalue weighted by atomic mass is 10.1. The molecule has 86 valence electrons. The molecule has 0 atom stereocenters. The highest BCUT2D eigenvalue weighted by Gasteiger charge is 2.16. The van der Waals surface area contributed by atoms with Crippen LogP contribution in [0.3, 0.4) is 0 Å². The van der Waals surface area contributed by atoms with Gasteiger partial charge in [-0.3, -0.25) is 0 Å². The number of hydrogen-bond acceptors (Lipinski definition) is 5. The van der Waals surface area contributed by atoms with Gasteiger partial charge in [-0.15, -0.1) is 0 Å². The minimum absolute atomic E-state index is 0.210. The summed E-state index contributed by atoms with van der Waals surface area (Å²) in [6, 6.07) is 10.9. The van der Waals surface area contributed by atoms with Crippen LogP contribution in [0.1, 0.15) is 5.69 Å². The molecule has 0 saturated heterocycles. The van der Waals surface area contributed by atoms with E-state index < -0.39 is 5.97 Å². The summed E-state index contributed by atoms with van der Waals surface area (Å²) in [6.07, 6.45) is 0. The number of pyridine rings is 1. The van der Waals surface area contributed by atoms with E-state index in [2.05, 4.69) is 14.9 Å². The van der Waals surface area contributed by atoms with Gasteiger partial charge in [-0.25, -0.2) is 9.78 Å². The zero-order valence-electron chi connectivity index (χ0n) is 9.12. The van der Waals surface area contributed by atoms with Crippen molar-refractivity contribution < 1.29 is 14.7 Å². The summed E-state index contributed by atoms with van der Waals surface area (Å²) in [7, 11) is 1.22. The molecule has 0 unspecified atom stereocenters. The van der Waals surface area contributed by atoms with Gasteiger partial charge in [0.15, 0.2) is 0 Å². The maximum atomic E-state index is 11.3. The standard InChI is InChI=1S/C12H10N2O3/c1-17-12(15)11(14-16)10-7-6-8-4-2-3-5-9(8)13-10/h2-7,16H,1H3/b14-11+. The van der Waals surface area contributed by atoms with Crippen LogP contribution in [-0.2, 0) is 9.53 Å². The molecule has 1 aromatic heterocycles. The summed E-state index contributed by atoms with van der Waals surface area (Å²) in [5.74, 6) is -0.727. The molecule has 0 spiro atoms. The van der Waals surface area contributed by atoms with Crippen LogP contribution < -0.4 is 0 Å². The quantitative estimate of drug-likeness (QED) is 0.368. The first kappa shape index (κ1) is 11.1. The van der Waals surface area contributed by atoms with E-state index in [0.717, 1.165) is 10.9 Å². The van der Waals surface area contributed by atoms with E-state index in [-0.39, 0.29) is 11.4 Å². The summed E-state index contributed by atoms with van der Waals surface area (Å²) < 4.78 is 4.50. The minimum atomic E-state index is -0.727. The Labute approximate surface area is 97.3 Å². The van der Waals surface area contributed by atoms with Gasteiger partial charge in [0, 0.05) is 5.39 Å². The molecule has 0 bridgehead atoms. The second-order valence-electron chi connectivity index (χ2n) is 3.33. The Bertz CT molecular complexity index is 593. The fraction of sp³-hybridized carbons (Fsp3) is 0.0833. The average Bonchev–Trinajstić information content (AvgIpc) is 2.39. The number of fused-ring (bicyclic) bond motifs is 1. The predicted molar refractivity (Wildman–Crippen MR) is 62.1 cm³/mol. The van der Waals surface area contributed by atoms with Gasteiger partial charge in [-0.1, -0.05) is 29.4 Å². The third kappa shape index (κ3) is 2.08. The third-order valence-corrected chi connectivity index (χ3v) is 2.32. The van der Waals surface area contributed by atoms with Gasteiger partial charge < -0.3 is 9.94 Å². The lowest BCUT2D eigenvalue weighted by Gasteiger charge is -2.03. The Hall–Kier alpha value is -2.43. The topological polar surface area (TPSA) is 71.8 Å². The monoisotopic (exact) mass is 230 g/mol. The van der Waals surface area contributed by atoms with Gasteiger partial charge in [0.2, 0.25) is 5.71 Å². The van der Waals surface area contributed by atoms with Crippen LogP contribution in [0.15, 0.2) is 41.6 Å². The van der Waals surface area contributed by atoms with Crippen molar-refractivity contribution in [3.8, 4) is 0 Å². The molecule has 0 fully saturated rings. The zero-order valence-corrected chi connectivity index (χ0v) is 9.12. The molecular weight excluding hydrogens is 220 g/mol. The van der Waals surface area contributed by atoms with Crippen molar-refractivity contribution in [1.82, 2.24) is 4.98 Å². The van der Waals surface area contributed by atoms with Gasteiger partial charge in [0.1, 0.15) is 5.69 Å². The Morgan fingerprint density at radius 2 is 2.06 bits per heavy atom. The van der Waals surface area contributed by atoms with Crippen molar-refractivity contribution in [1.29, 1.82) is 0 Å². The van der Waals surface area contributed by atoms with Crippen LogP contribution in [0.2, 0.25) is 0 Å². The van der Waals surface area contributed by atoms with E-state index in [1.807, 2.05) is 24.3 Å². The van der Waals surface area contributed by atoms with Crippen molar-refractivity contribution in [2.45, 2.75) is 0 Å². The summed E-state index contributed by atoms with van der Waals surface area (Å²) >= 11 is 0. The van der Waals surface area contributed by atoms with Crippen molar-refractivity contribution in [3.63, 3.8) is 0 Å². The molecule has 2 rings (SSSR count). The van der Waals surface area contributed by atoms with Crippen LogP contribution in [0.25, 0.3) is 10.9 Å². The largest absolute Gasteiger partial charge is 0.464 e. The summed E-state index contributed by atoms with van der Waals surface area (Å²) in [4.78, 5) is 15.6. The van der Waals surface area contributed by atoms with E-state index in [4.69, 9.17) is 5.21 Å². The van der Waals surface area contributed by atoms with Crippen molar-refractivity contribution in [3.05, 3.63) is 42.1 Å². The molecule has 0 radical (unpaired) electrons. The number of rotatable bonds is 2. The third-order valence-electron chi connectivity index (χ3n) is 2.32.